The average molecular weight is 412 g/mol. The van der Waals surface area contributed by atoms with Crippen LogP contribution in [0.3, 0.4) is 0 Å². The summed E-state index contributed by atoms with van der Waals surface area (Å²) in [5, 5.41) is 21.0. The molecule has 1 aromatic carbocycles. The molecule has 0 unspecified atom stereocenters. The van der Waals surface area contributed by atoms with Gasteiger partial charge in [-0.25, -0.2) is 0 Å². The van der Waals surface area contributed by atoms with Gasteiger partial charge in [0.15, 0.2) is 0 Å². The number of unbranched alkanes of at least 4 members (excludes halogenated alkanes) is 2. The smallest absolute Gasteiger partial charge is 0.0724 e. The van der Waals surface area contributed by atoms with Crippen molar-refractivity contribution in [2.24, 2.45) is 17.8 Å². The number of allylic oxidation sites excluding steroid dienone is 2. The van der Waals surface area contributed by atoms with E-state index in [1.54, 1.807) is 5.57 Å². The third kappa shape index (κ3) is 6.80. The fraction of sp³-hybridized carbons (Fsp3) is 0.630. The highest BCUT2D eigenvalue weighted by Crippen LogP contribution is 2.48. The largest absolute Gasteiger partial charge is 0.392 e. The van der Waals surface area contributed by atoms with Gasteiger partial charge in [0.05, 0.1) is 12.2 Å². The maximum absolute atomic E-state index is 10.6. The first-order chi connectivity index (χ1) is 14.4. The Morgan fingerprint density at radius 3 is 2.60 bits per heavy atom. The van der Waals surface area contributed by atoms with Gasteiger partial charge >= 0.3 is 0 Å². The highest BCUT2D eigenvalue weighted by molar-refractivity contribution is 5.22. The van der Waals surface area contributed by atoms with Gasteiger partial charge in [-0.15, -0.1) is 0 Å². The van der Waals surface area contributed by atoms with E-state index < -0.39 is 6.10 Å². The van der Waals surface area contributed by atoms with Crippen LogP contribution in [0.5, 0.6) is 0 Å². The molecule has 2 aliphatic carbocycles. The topological polar surface area (TPSA) is 43.7 Å². The first-order valence-electron chi connectivity index (χ1n) is 11.9. The van der Waals surface area contributed by atoms with E-state index in [2.05, 4.69) is 62.3 Å². The Hall–Kier alpha value is -1.42. The summed E-state index contributed by atoms with van der Waals surface area (Å²) >= 11 is 0. The molecule has 0 aromatic heterocycles. The van der Waals surface area contributed by atoms with Crippen LogP contribution in [-0.4, -0.2) is 48.0 Å². The lowest BCUT2D eigenvalue weighted by molar-refractivity contribution is 0.139. The van der Waals surface area contributed by atoms with Crippen LogP contribution in [0.2, 0.25) is 0 Å². The van der Waals surface area contributed by atoms with E-state index in [0.717, 1.165) is 25.7 Å². The highest BCUT2D eigenvalue weighted by atomic mass is 16.3. The number of fused-ring (bicyclic) bond motifs is 1. The van der Waals surface area contributed by atoms with Gasteiger partial charge in [-0.05, 0) is 89.9 Å². The van der Waals surface area contributed by atoms with Gasteiger partial charge in [-0.1, -0.05) is 60.1 Å². The number of aryl methyl sites for hydroxylation is 2. The Labute approximate surface area is 183 Å². The second-order valence-electron chi connectivity index (χ2n) is 9.83. The molecule has 2 N–H and O–H groups in total. The Bertz CT molecular complexity index is 706. The van der Waals surface area contributed by atoms with E-state index in [1.165, 1.54) is 43.4 Å². The van der Waals surface area contributed by atoms with E-state index in [0.29, 0.717) is 11.8 Å². The predicted molar refractivity (Wildman–Crippen MR) is 125 cm³/mol. The lowest BCUT2D eigenvalue weighted by Crippen LogP contribution is -2.18. The molecule has 3 heteroatoms. The maximum Gasteiger partial charge on any atom is 0.0724 e. The van der Waals surface area contributed by atoms with Crippen LogP contribution in [0.4, 0.5) is 0 Å². The van der Waals surface area contributed by atoms with Crippen molar-refractivity contribution in [3.63, 3.8) is 0 Å². The summed E-state index contributed by atoms with van der Waals surface area (Å²) < 4.78 is 0. The van der Waals surface area contributed by atoms with Crippen molar-refractivity contribution in [3.8, 4) is 0 Å². The minimum atomic E-state index is -0.442. The third-order valence-corrected chi connectivity index (χ3v) is 6.96. The Balaban J connectivity index is 1.42. The van der Waals surface area contributed by atoms with Crippen molar-refractivity contribution in [2.75, 3.05) is 20.6 Å². The van der Waals surface area contributed by atoms with Crippen molar-refractivity contribution >= 4 is 0 Å². The number of hydrogen-bond donors (Lipinski definition) is 2. The Morgan fingerprint density at radius 2 is 1.87 bits per heavy atom. The summed E-state index contributed by atoms with van der Waals surface area (Å²) in [6.45, 7) is 3.27. The van der Waals surface area contributed by atoms with Crippen molar-refractivity contribution in [1.82, 2.24) is 4.90 Å². The second kappa shape index (κ2) is 11.3. The molecule has 30 heavy (non-hydrogen) atoms. The van der Waals surface area contributed by atoms with Crippen LogP contribution in [0.1, 0.15) is 56.1 Å². The van der Waals surface area contributed by atoms with Crippen LogP contribution in [0, 0.1) is 24.7 Å². The average Bonchev–Trinajstić information content (AvgIpc) is 3.21. The minimum absolute atomic E-state index is 0.187. The van der Waals surface area contributed by atoms with Gasteiger partial charge in [0.1, 0.15) is 0 Å². The number of nitrogens with zero attached hydrogens (tertiary/aromatic N) is 1. The summed E-state index contributed by atoms with van der Waals surface area (Å²) in [6, 6.07) is 8.53. The SMILES string of the molecule is Cc1ccc(CC[C@H](O)/C=C/[C@@H]2[C@H]3CC(CCCCCN(C)C)=C[C@H]3C[C@H]2O)cc1. The zero-order chi connectivity index (χ0) is 21.5. The molecule has 2 aliphatic rings. The quantitative estimate of drug-likeness (QED) is 0.402. The van der Waals surface area contributed by atoms with Crippen LogP contribution in [-0.2, 0) is 6.42 Å². The minimum Gasteiger partial charge on any atom is -0.392 e. The third-order valence-electron chi connectivity index (χ3n) is 6.96. The van der Waals surface area contributed by atoms with Gasteiger partial charge in [-0.3, -0.25) is 0 Å². The number of aliphatic hydroxyl groups is 2. The first kappa shape index (κ1) is 23.2. The molecule has 0 aliphatic heterocycles. The van der Waals surface area contributed by atoms with Gasteiger partial charge in [0.25, 0.3) is 0 Å². The maximum atomic E-state index is 10.6. The van der Waals surface area contributed by atoms with Crippen molar-refractivity contribution in [2.45, 2.75) is 70.5 Å². The van der Waals surface area contributed by atoms with E-state index in [9.17, 15) is 10.2 Å². The number of aliphatic hydroxyl groups excluding tert-OH is 2. The number of benzene rings is 1. The van der Waals surface area contributed by atoms with Crippen molar-refractivity contribution < 1.29 is 10.2 Å². The molecule has 0 saturated heterocycles. The van der Waals surface area contributed by atoms with E-state index in [-0.39, 0.29) is 12.0 Å². The second-order valence-corrected chi connectivity index (χ2v) is 9.83. The monoisotopic (exact) mass is 411 g/mol. The zero-order valence-corrected chi connectivity index (χ0v) is 19.1. The molecule has 166 valence electrons. The summed E-state index contributed by atoms with van der Waals surface area (Å²) in [6.07, 6.45) is 14.5. The van der Waals surface area contributed by atoms with Crippen LogP contribution in [0.25, 0.3) is 0 Å². The summed E-state index contributed by atoms with van der Waals surface area (Å²) in [4.78, 5) is 2.26. The molecule has 0 radical (unpaired) electrons. The lowest BCUT2D eigenvalue weighted by atomic mass is 9.88. The summed E-state index contributed by atoms with van der Waals surface area (Å²) in [5.41, 5.74) is 4.13. The van der Waals surface area contributed by atoms with Gasteiger partial charge in [0.2, 0.25) is 0 Å². The van der Waals surface area contributed by atoms with E-state index >= 15 is 0 Å². The Kier molecular flexibility index (Phi) is 8.73. The molecule has 3 nitrogen and oxygen atoms in total. The molecular formula is C27H41NO2. The molecule has 1 aromatic rings. The fourth-order valence-corrected chi connectivity index (χ4v) is 5.17. The fourth-order valence-electron chi connectivity index (χ4n) is 5.17. The molecule has 3 rings (SSSR count). The van der Waals surface area contributed by atoms with E-state index in [1.807, 2.05) is 6.08 Å². The molecule has 1 saturated carbocycles. The van der Waals surface area contributed by atoms with Crippen molar-refractivity contribution in [1.29, 1.82) is 0 Å². The zero-order valence-electron chi connectivity index (χ0n) is 19.1. The van der Waals surface area contributed by atoms with Gasteiger partial charge in [0, 0.05) is 5.92 Å². The van der Waals surface area contributed by atoms with Crippen LogP contribution in [0.15, 0.2) is 48.1 Å². The molecular weight excluding hydrogens is 370 g/mol. The van der Waals surface area contributed by atoms with E-state index in [4.69, 9.17) is 0 Å². The lowest BCUT2D eigenvalue weighted by Gasteiger charge is -2.19. The first-order valence-corrected chi connectivity index (χ1v) is 11.9. The molecule has 0 amide bonds. The Morgan fingerprint density at radius 1 is 1.10 bits per heavy atom. The summed E-state index contributed by atoms with van der Waals surface area (Å²) in [5.74, 6) is 1.24. The molecule has 0 bridgehead atoms. The molecule has 0 spiro atoms. The number of rotatable bonds is 11. The van der Waals surface area contributed by atoms with Crippen LogP contribution >= 0.6 is 0 Å². The van der Waals surface area contributed by atoms with Crippen molar-refractivity contribution in [3.05, 3.63) is 59.2 Å². The highest BCUT2D eigenvalue weighted by Gasteiger charge is 2.43. The molecule has 1 fully saturated rings. The van der Waals surface area contributed by atoms with Gasteiger partial charge < -0.3 is 15.1 Å². The normalized spacial score (nSPS) is 27.1. The van der Waals surface area contributed by atoms with Gasteiger partial charge in [-0.2, -0.15) is 0 Å². The standard InChI is InChI=1S/C27H41NO2/c1-20-8-10-21(11-9-20)12-13-24(29)14-15-25-26-18-22(17-23(26)19-27(25)30)7-5-4-6-16-28(2)3/h8-11,14-15,17,23-27,29-30H,4-7,12-13,16,18-19H2,1-3H3/b15-14+/t23-,24-,25+,26-,27+/m0/s1. The molecule has 0 heterocycles. The predicted octanol–water partition coefficient (Wildman–Crippen LogP) is 4.91. The molecule has 5 atom stereocenters. The number of hydrogen-bond acceptors (Lipinski definition) is 3. The summed E-state index contributed by atoms with van der Waals surface area (Å²) in [7, 11) is 4.28. The van der Waals surface area contributed by atoms with Crippen LogP contribution < -0.4 is 0 Å².